The molecule has 2 N–H and O–H groups in total. The summed E-state index contributed by atoms with van der Waals surface area (Å²) in [6.07, 6.45) is 6.02. The summed E-state index contributed by atoms with van der Waals surface area (Å²) in [6, 6.07) is 12.5. The minimum atomic E-state index is -0.388. The summed E-state index contributed by atoms with van der Waals surface area (Å²) in [5.74, 6) is 0.880. The third-order valence-corrected chi connectivity index (χ3v) is 3.99. The SMILES string of the molecule is CCCCCc1ccc(OCC(=O)N/N=C/c2cc(OC)ccc2O)cc1. The number of hydrogen-bond acceptors (Lipinski definition) is 5. The van der Waals surface area contributed by atoms with Crippen LogP contribution in [0, 0.1) is 0 Å². The number of hydrogen-bond donors (Lipinski definition) is 2. The van der Waals surface area contributed by atoms with E-state index >= 15 is 0 Å². The molecule has 0 saturated carbocycles. The number of aryl methyl sites for hydroxylation is 1. The molecule has 0 aliphatic heterocycles. The number of rotatable bonds is 10. The summed E-state index contributed by atoms with van der Waals surface area (Å²) in [4.78, 5) is 11.8. The van der Waals surface area contributed by atoms with E-state index in [1.807, 2.05) is 24.3 Å². The van der Waals surface area contributed by atoms with Crippen LogP contribution in [-0.2, 0) is 11.2 Å². The van der Waals surface area contributed by atoms with E-state index < -0.39 is 0 Å². The summed E-state index contributed by atoms with van der Waals surface area (Å²) in [6.45, 7) is 2.04. The van der Waals surface area contributed by atoms with Crippen molar-refractivity contribution < 1.29 is 19.4 Å². The normalized spacial score (nSPS) is 10.7. The minimum absolute atomic E-state index is 0.0454. The Kier molecular flexibility index (Phi) is 8.16. The topological polar surface area (TPSA) is 80.2 Å². The Morgan fingerprint density at radius 2 is 1.89 bits per heavy atom. The van der Waals surface area contributed by atoms with Gasteiger partial charge in [-0.05, 0) is 48.7 Å². The molecular formula is C21H26N2O4. The minimum Gasteiger partial charge on any atom is -0.507 e. The number of carbonyl (C=O) groups excluding carboxylic acids is 1. The van der Waals surface area contributed by atoms with Crippen molar-refractivity contribution in [2.75, 3.05) is 13.7 Å². The van der Waals surface area contributed by atoms with Gasteiger partial charge in [0.2, 0.25) is 0 Å². The monoisotopic (exact) mass is 370 g/mol. The van der Waals surface area contributed by atoms with E-state index in [1.165, 1.54) is 44.2 Å². The Labute approximate surface area is 159 Å². The third-order valence-electron chi connectivity index (χ3n) is 3.99. The number of aromatic hydroxyl groups is 1. The van der Waals surface area contributed by atoms with Gasteiger partial charge >= 0.3 is 0 Å². The van der Waals surface area contributed by atoms with Crippen LogP contribution in [-0.4, -0.2) is 30.9 Å². The second-order valence-electron chi connectivity index (χ2n) is 6.11. The molecule has 0 aliphatic rings. The van der Waals surface area contributed by atoms with Crippen molar-refractivity contribution in [3.63, 3.8) is 0 Å². The van der Waals surface area contributed by atoms with Gasteiger partial charge in [-0.3, -0.25) is 4.79 Å². The van der Waals surface area contributed by atoms with Crippen LogP contribution in [0.1, 0.15) is 37.3 Å². The summed E-state index contributed by atoms with van der Waals surface area (Å²) in [7, 11) is 1.53. The Bertz CT molecular complexity index is 757. The van der Waals surface area contributed by atoms with Crippen molar-refractivity contribution in [2.45, 2.75) is 32.6 Å². The molecule has 6 heteroatoms. The van der Waals surface area contributed by atoms with Gasteiger partial charge < -0.3 is 14.6 Å². The largest absolute Gasteiger partial charge is 0.507 e. The van der Waals surface area contributed by atoms with Crippen LogP contribution in [0.5, 0.6) is 17.2 Å². The van der Waals surface area contributed by atoms with E-state index in [9.17, 15) is 9.90 Å². The molecule has 6 nitrogen and oxygen atoms in total. The first-order valence-electron chi connectivity index (χ1n) is 9.03. The number of amides is 1. The average molecular weight is 370 g/mol. The fourth-order valence-corrected chi connectivity index (χ4v) is 2.45. The van der Waals surface area contributed by atoms with E-state index in [2.05, 4.69) is 17.5 Å². The number of carbonyl (C=O) groups is 1. The Balaban J connectivity index is 1.77. The highest BCUT2D eigenvalue weighted by molar-refractivity contribution is 5.85. The van der Waals surface area contributed by atoms with Gasteiger partial charge in [0, 0.05) is 5.56 Å². The Morgan fingerprint density at radius 1 is 1.15 bits per heavy atom. The molecule has 0 bridgehead atoms. The number of hydrazone groups is 1. The zero-order valence-electron chi connectivity index (χ0n) is 15.8. The molecule has 144 valence electrons. The predicted octanol–water partition coefficient (Wildman–Crippen LogP) is 3.66. The average Bonchev–Trinajstić information content (AvgIpc) is 2.69. The van der Waals surface area contributed by atoms with Gasteiger partial charge in [0.05, 0.1) is 13.3 Å². The highest BCUT2D eigenvalue weighted by Gasteiger charge is 2.03. The number of phenols is 1. The van der Waals surface area contributed by atoms with Gasteiger partial charge in [0.15, 0.2) is 6.61 Å². The lowest BCUT2D eigenvalue weighted by Gasteiger charge is -2.06. The molecule has 27 heavy (non-hydrogen) atoms. The standard InChI is InChI=1S/C21H26N2O4/c1-3-4-5-6-16-7-9-18(10-8-16)27-15-21(25)23-22-14-17-13-19(26-2)11-12-20(17)24/h7-14,24H,3-6,15H2,1-2H3,(H,23,25)/b22-14+. The van der Waals surface area contributed by atoms with E-state index in [4.69, 9.17) is 9.47 Å². The van der Waals surface area contributed by atoms with Crippen molar-refractivity contribution in [2.24, 2.45) is 5.10 Å². The molecule has 0 atom stereocenters. The van der Waals surface area contributed by atoms with Crippen LogP contribution < -0.4 is 14.9 Å². The molecule has 0 fully saturated rings. The summed E-state index contributed by atoms with van der Waals surface area (Å²) >= 11 is 0. The predicted molar refractivity (Wildman–Crippen MR) is 106 cm³/mol. The van der Waals surface area contributed by atoms with Crippen molar-refractivity contribution >= 4 is 12.1 Å². The first-order valence-corrected chi connectivity index (χ1v) is 9.03. The maximum atomic E-state index is 11.8. The molecule has 2 rings (SSSR count). The maximum Gasteiger partial charge on any atom is 0.277 e. The van der Waals surface area contributed by atoms with Crippen LogP contribution in [0.25, 0.3) is 0 Å². The molecule has 2 aromatic rings. The number of nitrogens with zero attached hydrogens (tertiary/aromatic N) is 1. The highest BCUT2D eigenvalue weighted by Crippen LogP contribution is 2.21. The van der Waals surface area contributed by atoms with Gasteiger partial charge in [-0.15, -0.1) is 0 Å². The molecule has 0 spiro atoms. The molecule has 0 radical (unpaired) electrons. The van der Waals surface area contributed by atoms with E-state index in [0.29, 0.717) is 17.1 Å². The lowest BCUT2D eigenvalue weighted by molar-refractivity contribution is -0.123. The van der Waals surface area contributed by atoms with Gasteiger partial charge in [0.25, 0.3) is 5.91 Å². The number of phenolic OH excluding ortho intramolecular Hbond substituents is 1. The summed E-state index contributed by atoms with van der Waals surface area (Å²) in [5.41, 5.74) is 4.07. The van der Waals surface area contributed by atoms with Gasteiger partial charge in [0.1, 0.15) is 17.2 Å². The number of unbranched alkanes of at least 4 members (excludes halogenated alkanes) is 2. The fourth-order valence-electron chi connectivity index (χ4n) is 2.45. The first kappa shape index (κ1) is 20.3. The van der Waals surface area contributed by atoms with Crippen molar-refractivity contribution in [3.8, 4) is 17.2 Å². The Hall–Kier alpha value is -3.02. The summed E-state index contributed by atoms with van der Waals surface area (Å²) in [5, 5.41) is 13.6. The van der Waals surface area contributed by atoms with E-state index in [0.717, 1.165) is 6.42 Å². The molecule has 0 heterocycles. The lowest BCUT2D eigenvalue weighted by Crippen LogP contribution is -2.24. The van der Waals surface area contributed by atoms with Crippen molar-refractivity contribution in [3.05, 3.63) is 53.6 Å². The second kappa shape index (κ2) is 10.9. The molecule has 0 unspecified atom stereocenters. The smallest absolute Gasteiger partial charge is 0.277 e. The van der Waals surface area contributed by atoms with E-state index in [1.54, 1.807) is 12.1 Å². The van der Waals surface area contributed by atoms with Gasteiger partial charge in [-0.1, -0.05) is 31.9 Å². The molecule has 0 saturated heterocycles. The molecular weight excluding hydrogens is 344 g/mol. The van der Waals surface area contributed by atoms with Crippen LogP contribution in [0.2, 0.25) is 0 Å². The number of nitrogens with one attached hydrogen (secondary N) is 1. The molecule has 2 aromatic carbocycles. The second-order valence-corrected chi connectivity index (χ2v) is 6.11. The van der Waals surface area contributed by atoms with Gasteiger partial charge in [-0.2, -0.15) is 5.10 Å². The number of ether oxygens (including phenoxy) is 2. The molecule has 0 aliphatic carbocycles. The van der Waals surface area contributed by atoms with Crippen LogP contribution in [0.3, 0.4) is 0 Å². The van der Waals surface area contributed by atoms with Gasteiger partial charge in [-0.25, -0.2) is 5.43 Å². The lowest BCUT2D eigenvalue weighted by atomic mass is 10.1. The first-order chi connectivity index (χ1) is 13.1. The van der Waals surface area contributed by atoms with Crippen LogP contribution in [0.15, 0.2) is 47.6 Å². The highest BCUT2D eigenvalue weighted by atomic mass is 16.5. The van der Waals surface area contributed by atoms with Crippen molar-refractivity contribution in [1.82, 2.24) is 5.43 Å². The van der Waals surface area contributed by atoms with Crippen LogP contribution in [0.4, 0.5) is 0 Å². The maximum absolute atomic E-state index is 11.8. The summed E-state index contributed by atoms with van der Waals surface area (Å²) < 4.78 is 10.5. The zero-order chi connectivity index (χ0) is 19.5. The molecule has 0 aromatic heterocycles. The Morgan fingerprint density at radius 3 is 2.59 bits per heavy atom. The third kappa shape index (κ3) is 7.01. The quantitative estimate of drug-likeness (QED) is 0.380. The van der Waals surface area contributed by atoms with Crippen LogP contribution >= 0.6 is 0 Å². The van der Waals surface area contributed by atoms with E-state index in [-0.39, 0.29) is 18.3 Å². The van der Waals surface area contributed by atoms with Crippen molar-refractivity contribution in [1.29, 1.82) is 0 Å². The fraction of sp³-hybridized carbons (Fsp3) is 0.333. The number of methoxy groups -OCH3 is 1. The molecule has 1 amide bonds. The zero-order valence-corrected chi connectivity index (χ0v) is 15.8. The number of benzene rings is 2.